The quantitative estimate of drug-likeness (QED) is 0.401. The van der Waals surface area contributed by atoms with Gasteiger partial charge >= 0.3 is 24.3 Å². The average molecular weight is 311 g/mol. The van der Waals surface area contributed by atoms with Crippen LogP contribution in [-0.4, -0.2) is 24.3 Å². The van der Waals surface area contributed by atoms with Gasteiger partial charge in [-0.15, -0.1) is 22.2 Å². The second-order valence-corrected chi connectivity index (χ2v) is 10.8. The molecule has 0 radical (unpaired) electrons. The van der Waals surface area contributed by atoms with Crippen molar-refractivity contribution in [2.45, 2.75) is 37.0 Å². The van der Waals surface area contributed by atoms with Crippen LogP contribution in [-0.2, 0) is 0 Å². The van der Waals surface area contributed by atoms with Gasteiger partial charge in [0.25, 0.3) is 0 Å². The third kappa shape index (κ3) is 3.96. The summed E-state index contributed by atoms with van der Waals surface area (Å²) in [7, 11) is 0. The Morgan fingerprint density at radius 2 is 1.25 bits per heavy atom. The SMILES string of the molecule is C[Si](Cl)(Cl)C(F)(F)C(F)(F)CCC(F)(F)F. The van der Waals surface area contributed by atoms with Crippen molar-refractivity contribution in [2.75, 3.05) is 0 Å². The van der Waals surface area contributed by atoms with Gasteiger partial charge in [0.2, 0.25) is 0 Å². The van der Waals surface area contributed by atoms with E-state index in [1.807, 2.05) is 0 Å². The zero-order chi connectivity index (χ0) is 13.4. The molecule has 0 aromatic rings. The van der Waals surface area contributed by atoms with E-state index >= 15 is 0 Å². The van der Waals surface area contributed by atoms with Crippen LogP contribution in [0.25, 0.3) is 0 Å². The van der Waals surface area contributed by atoms with Gasteiger partial charge < -0.3 is 0 Å². The molecule has 0 saturated carbocycles. The monoisotopic (exact) mass is 310 g/mol. The summed E-state index contributed by atoms with van der Waals surface area (Å²) in [4.78, 5) is 0. The molecule has 0 fully saturated rings. The van der Waals surface area contributed by atoms with Gasteiger partial charge in [-0.25, -0.2) is 17.6 Å². The molecule has 0 aliphatic heterocycles. The van der Waals surface area contributed by atoms with E-state index in [0.29, 0.717) is 6.55 Å². The first kappa shape index (κ1) is 16.3. The molecule has 0 heterocycles. The van der Waals surface area contributed by atoms with Crippen LogP contribution >= 0.6 is 22.2 Å². The van der Waals surface area contributed by atoms with Crippen molar-refractivity contribution in [3.05, 3.63) is 0 Å². The minimum atomic E-state index is -4.93. The summed E-state index contributed by atoms with van der Waals surface area (Å²) < 4.78 is 86.5. The van der Waals surface area contributed by atoms with Gasteiger partial charge in [-0.3, -0.25) is 0 Å². The van der Waals surface area contributed by atoms with Gasteiger partial charge in [-0.05, 0) is 6.55 Å². The molecule has 0 nitrogen and oxygen atoms in total. The first-order valence-electron chi connectivity index (χ1n) is 3.91. The van der Waals surface area contributed by atoms with E-state index in [1.165, 1.54) is 0 Å². The van der Waals surface area contributed by atoms with Gasteiger partial charge in [0, 0.05) is 12.8 Å². The molecular formula is C6H7Cl2F7Si. The molecule has 10 heteroatoms. The third-order valence-electron chi connectivity index (χ3n) is 1.73. The van der Waals surface area contributed by atoms with Crippen LogP contribution in [0.1, 0.15) is 12.8 Å². The Bertz CT molecular complexity index is 244. The molecule has 0 spiro atoms. The fraction of sp³-hybridized carbons (Fsp3) is 1.00. The first-order chi connectivity index (χ1) is 6.71. The van der Waals surface area contributed by atoms with Crippen LogP contribution in [0.2, 0.25) is 6.55 Å². The Balaban J connectivity index is 4.79. The molecule has 0 rings (SSSR count). The Kier molecular flexibility index (Phi) is 4.61. The largest absolute Gasteiger partial charge is 0.389 e. The highest BCUT2D eigenvalue weighted by Crippen LogP contribution is 2.48. The molecule has 0 aliphatic rings. The second kappa shape index (κ2) is 4.53. The summed E-state index contributed by atoms with van der Waals surface area (Å²) in [6, 6.07) is 0. The minimum Gasteiger partial charge on any atom is -0.202 e. The Hall–Kier alpha value is 0.307. The second-order valence-electron chi connectivity index (χ2n) is 3.28. The van der Waals surface area contributed by atoms with E-state index in [9.17, 15) is 30.7 Å². The van der Waals surface area contributed by atoms with Crippen LogP contribution in [0.15, 0.2) is 0 Å². The van der Waals surface area contributed by atoms with Gasteiger partial charge in [-0.1, -0.05) is 0 Å². The molecule has 0 aromatic carbocycles. The molecule has 0 N–H and O–H groups in total. The van der Waals surface area contributed by atoms with Crippen LogP contribution in [0.5, 0.6) is 0 Å². The summed E-state index contributed by atoms with van der Waals surface area (Å²) in [5.74, 6) is -4.87. The summed E-state index contributed by atoms with van der Waals surface area (Å²) in [6.45, 7) is -4.10. The van der Waals surface area contributed by atoms with Gasteiger partial charge in [0.05, 0.1) is 0 Å². The van der Waals surface area contributed by atoms with Crippen molar-refractivity contribution >= 4 is 28.9 Å². The highest BCUT2D eigenvalue weighted by Gasteiger charge is 2.67. The smallest absolute Gasteiger partial charge is 0.202 e. The van der Waals surface area contributed by atoms with Gasteiger partial charge in [0.1, 0.15) is 0 Å². The van der Waals surface area contributed by atoms with Crippen LogP contribution in [0, 0.1) is 0 Å². The van der Waals surface area contributed by atoms with Crippen LogP contribution in [0.3, 0.4) is 0 Å². The van der Waals surface area contributed by atoms with E-state index in [0.717, 1.165) is 0 Å². The van der Waals surface area contributed by atoms with E-state index in [-0.39, 0.29) is 0 Å². The number of hydrogen-bond acceptors (Lipinski definition) is 0. The fourth-order valence-corrected chi connectivity index (χ4v) is 2.37. The summed E-state index contributed by atoms with van der Waals surface area (Å²) in [6.07, 6.45) is -8.99. The molecule has 0 aliphatic carbocycles. The van der Waals surface area contributed by atoms with Gasteiger partial charge in [0.15, 0.2) is 0 Å². The van der Waals surface area contributed by atoms with Crippen molar-refractivity contribution in [3.63, 3.8) is 0 Å². The number of hydrogen-bond donors (Lipinski definition) is 0. The molecule has 16 heavy (non-hydrogen) atoms. The van der Waals surface area contributed by atoms with Crippen molar-refractivity contribution in [1.29, 1.82) is 0 Å². The normalized spacial score (nSPS) is 15.4. The topological polar surface area (TPSA) is 0 Å². The van der Waals surface area contributed by atoms with Crippen molar-refractivity contribution in [1.82, 2.24) is 0 Å². The average Bonchev–Trinajstić information content (AvgIpc) is 1.97. The van der Waals surface area contributed by atoms with E-state index in [4.69, 9.17) is 22.2 Å². The lowest BCUT2D eigenvalue weighted by atomic mass is 10.2. The lowest BCUT2D eigenvalue weighted by Crippen LogP contribution is -2.55. The predicted molar refractivity (Wildman–Crippen MR) is 48.5 cm³/mol. The van der Waals surface area contributed by atoms with Crippen molar-refractivity contribution in [2.24, 2.45) is 0 Å². The number of alkyl halides is 7. The highest BCUT2D eigenvalue weighted by atomic mass is 35.7. The van der Waals surface area contributed by atoms with E-state index < -0.39 is 37.2 Å². The fourth-order valence-electron chi connectivity index (χ4n) is 0.777. The first-order valence-corrected chi connectivity index (χ1v) is 8.43. The zero-order valence-electron chi connectivity index (χ0n) is 7.82. The summed E-state index contributed by atoms with van der Waals surface area (Å²) in [5, 5.41) is 0. The van der Waals surface area contributed by atoms with Gasteiger partial charge in [-0.2, -0.15) is 13.2 Å². The molecule has 0 atom stereocenters. The Morgan fingerprint density at radius 1 is 0.875 bits per heavy atom. The number of halogens is 9. The Labute approximate surface area is 97.1 Å². The Morgan fingerprint density at radius 3 is 1.50 bits per heavy atom. The van der Waals surface area contributed by atoms with Crippen LogP contribution < -0.4 is 0 Å². The molecule has 0 aromatic heterocycles. The molecule has 0 bridgehead atoms. The standard InChI is InChI=1S/C6H7Cl2F7Si/c1-16(7,8)6(14,15)4(9,10)2-3-5(11,12)13/h2-3H2,1H3. The maximum absolute atomic E-state index is 13.0. The minimum absolute atomic E-state index is 0.525. The zero-order valence-corrected chi connectivity index (χ0v) is 10.3. The van der Waals surface area contributed by atoms with Crippen LogP contribution in [0.4, 0.5) is 30.7 Å². The maximum Gasteiger partial charge on any atom is 0.389 e. The number of rotatable bonds is 4. The predicted octanol–water partition coefficient (Wildman–Crippen LogP) is 4.69. The lowest BCUT2D eigenvalue weighted by molar-refractivity contribution is -0.194. The van der Waals surface area contributed by atoms with E-state index in [2.05, 4.69) is 0 Å². The molecular weight excluding hydrogens is 304 g/mol. The van der Waals surface area contributed by atoms with Crippen molar-refractivity contribution < 1.29 is 30.7 Å². The third-order valence-corrected chi connectivity index (χ3v) is 4.63. The molecule has 0 amide bonds. The highest BCUT2D eigenvalue weighted by molar-refractivity contribution is 7.46. The summed E-state index contributed by atoms with van der Waals surface area (Å²) in [5.41, 5.74) is -4.81. The molecule has 98 valence electrons. The van der Waals surface area contributed by atoms with Crippen molar-refractivity contribution in [3.8, 4) is 0 Å². The molecule has 0 unspecified atom stereocenters. The lowest BCUT2D eigenvalue weighted by Gasteiger charge is -2.31. The summed E-state index contributed by atoms with van der Waals surface area (Å²) >= 11 is 9.90. The van der Waals surface area contributed by atoms with E-state index in [1.54, 1.807) is 0 Å². The molecule has 0 saturated heterocycles. The maximum atomic E-state index is 13.0.